The van der Waals surface area contributed by atoms with Crippen LogP contribution in [-0.2, 0) is 15.6 Å². The number of hydrogen-bond acceptors (Lipinski definition) is 4. The maximum absolute atomic E-state index is 12.7. The van der Waals surface area contributed by atoms with E-state index >= 15 is 0 Å². The molecule has 6 heteroatoms. The molecule has 5 nitrogen and oxygen atoms in total. The molecule has 1 amide bonds. The number of sulfone groups is 1. The smallest absolute Gasteiger partial charge is 0.253 e. The second kappa shape index (κ2) is 8.01. The Kier molecular flexibility index (Phi) is 5.74. The predicted molar refractivity (Wildman–Crippen MR) is 102 cm³/mol. The molecule has 0 aromatic heterocycles. The van der Waals surface area contributed by atoms with Gasteiger partial charge in [0.15, 0.2) is 9.84 Å². The number of rotatable bonds is 6. The molecule has 1 aliphatic rings. The first-order valence-corrected chi connectivity index (χ1v) is 10.5. The van der Waals surface area contributed by atoms with E-state index < -0.39 is 9.84 Å². The number of amides is 1. The van der Waals surface area contributed by atoms with Crippen molar-refractivity contribution >= 4 is 15.7 Å². The normalized spacial score (nSPS) is 17.4. The van der Waals surface area contributed by atoms with E-state index in [1.54, 1.807) is 54.6 Å². The molecule has 1 heterocycles. The van der Waals surface area contributed by atoms with E-state index in [2.05, 4.69) is 5.32 Å². The first kappa shape index (κ1) is 18.6. The molecule has 1 aliphatic heterocycles. The fraction of sp³-hybridized carbons (Fsp3) is 0.350. The van der Waals surface area contributed by atoms with Gasteiger partial charge in [-0.15, -0.1) is 0 Å². The number of nitrogens with one attached hydrogen (secondary N) is 1. The van der Waals surface area contributed by atoms with E-state index in [1.807, 2.05) is 11.9 Å². The van der Waals surface area contributed by atoms with Crippen LogP contribution in [0.2, 0.25) is 0 Å². The fourth-order valence-corrected chi connectivity index (χ4v) is 4.74. The van der Waals surface area contributed by atoms with E-state index in [9.17, 15) is 13.2 Å². The molecule has 0 aliphatic carbocycles. The van der Waals surface area contributed by atoms with Gasteiger partial charge in [0.2, 0.25) is 0 Å². The van der Waals surface area contributed by atoms with Crippen LogP contribution in [0.3, 0.4) is 0 Å². The van der Waals surface area contributed by atoms with Crippen molar-refractivity contribution in [2.75, 3.05) is 26.7 Å². The molecule has 1 atom stereocenters. The average molecular weight is 372 g/mol. The molecule has 1 N–H and O–H groups in total. The number of hydrogen-bond donors (Lipinski definition) is 1. The van der Waals surface area contributed by atoms with Gasteiger partial charge in [-0.3, -0.25) is 4.79 Å². The molecule has 1 fully saturated rings. The summed E-state index contributed by atoms with van der Waals surface area (Å²) in [6.07, 6.45) is 0.995. The fourth-order valence-electron chi connectivity index (χ4n) is 3.38. The monoisotopic (exact) mass is 372 g/mol. The largest absolute Gasteiger partial charge is 0.338 e. The second-order valence-corrected chi connectivity index (χ2v) is 8.73. The highest BCUT2D eigenvalue weighted by atomic mass is 32.2. The summed E-state index contributed by atoms with van der Waals surface area (Å²) in [5.74, 6) is 0.341. The molecule has 2 aromatic carbocycles. The molecular formula is C20H24N2O3S. The molecule has 0 bridgehead atoms. The zero-order valence-electron chi connectivity index (χ0n) is 14.9. The standard InChI is InChI=1S/C20H24N2O3S/c1-21-13-17-10-11-22(14-17)20(23)18-7-5-6-16(12-18)15-26(24,25)19-8-3-2-4-9-19/h2-9,12,17,21H,10-11,13-15H2,1H3. The van der Waals surface area contributed by atoms with Gasteiger partial charge in [-0.1, -0.05) is 30.3 Å². The van der Waals surface area contributed by atoms with Gasteiger partial charge in [-0.25, -0.2) is 8.42 Å². The van der Waals surface area contributed by atoms with Gasteiger partial charge in [-0.05, 0) is 55.8 Å². The molecule has 1 unspecified atom stereocenters. The van der Waals surface area contributed by atoms with E-state index in [1.165, 1.54) is 0 Å². The Morgan fingerprint density at radius 1 is 1.15 bits per heavy atom. The number of likely N-dealkylation sites (tertiary alicyclic amines) is 1. The Morgan fingerprint density at radius 3 is 2.65 bits per heavy atom. The molecule has 1 saturated heterocycles. The van der Waals surface area contributed by atoms with Crippen molar-refractivity contribution in [3.63, 3.8) is 0 Å². The number of nitrogens with zero attached hydrogens (tertiary/aromatic N) is 1. The molecule has 26 heavy (non-hydrogen) atoms. The summed E-state index contributed by atoms with van der Waals surface area (Å²) in [5, 5.41) is 3.15. The summed E-state index contributed by atoms with van der Waals surface area (Å²) in [6, 6.07) is 15.4. The summed E-state index contributed by atoms with van der Waals surface area (Å²) in [4.78, 5) is 14.9. The lowest BCUT2D eigenvalue weighted by Crippen LogP contribution is -2.30. The van der Waals surface area contributed by atoms with Crippen molar-refractivity contribution < 1.29 is 13.2 Å². The van der Waals surface area contributed by atoms with Crippen LogP contribution in [0, 0.1) is 5.92 Å². The number of carbonyl (C=O) groups excluding carboxylic acids is 1. The number of carbonyl (C=O) groups is 1. The maximum Gasteiger partial charge on any atom is 0.253 e. The first-order valence-electron chi connectivity index (χ1n) is 8.80. The Balaban J connectivity index is 1.73. The van der Waals surface area contributed by atoms with Crippen molar-refractivity contribution in [1.82, 2.24) is 10.2 Å². The minimum atomic E-state index is -3.42. The van der Waals surface area contributed by atoms with Crippen LogP contribution in [-0.4, -0.2) is 45.9 Å². The summed E-state index contributed by atoms with van der Waals surface area (Å²) < 4.78 is 25.1. The molecule has 2 aromatic rings. The highest BCUT2D eigenvalue weighted by Crippen LogP contribution is 2.20. The van der Waals surface area contributed by atoms with Crippen LogP contribution in [0.15, 0.2) is 59.5 Å². The van der Waals surface area contributed by atoms with Crippen molar-refractivity contribution in [2.45, 2.75) is 17.1 Å². The van der Waals surface area contributed by atoms with E-state index in [0.29, 0.717) is 21.9 Å². The van der Waals surface area contributed by atoms with E-state index in [-0.39, 0.29) is 11.7 Å². The highest BCUT2D eigenvalue weighted by Gasteiger charge is 2.26. The lowest BCUT2D eigenvalue weighted by atomic mass is 10.1. The van der Waals surface area contributed by atoms with Crippen molar-refractivity contribution in [3.8, 4) is 0 Å². The van der Waals surface area contributed by atoms with Gasteiger partial charge >= 0.3 is 0 Å². The molecule has 138 valence electrons. The Bertz CT molecular complexity index is 866. The third kappa shape index (κ3) is 4.31. The SMILES string of the molecule is CNCC1CCN(C(=O)c2cccc(CS(=O)(=O)c3ccccc3)c2)C1. The lowest BCUT2D eigenvalue weighted by Gasteiger charge is -2.17. The molecule has 0 spiro atoms. The van der Waals surface area contributed by atoms with Crippen molar-refractivity contribution in [2.24, 2.45) is 5.92 Å². The van der Waals surface area contributed by atoms with E-state index in [4.69, 9.17) is 0 Å². The van der Waals surface area contributed by atoms with E-state index in [0.717, 1.165) is 26.1 Å². The summed E-state index contributed by atoms with van der Waals surface area (Å²) in [5.41, 5.74) is 1.18. The average Bonchev–Trinajstić information content (AvgIpc) is 3.11. The first-order chi connectivity index (χ1) is 12.5. The van der Waals surface area contributed by atoms with Crippen LogP contribution in [0.1, 0.15) is 22.3 Å². The zero-order valence-corrected chi connectivity index (χ0v) is 15.7. The van der Waals surface area contributed by atoms with Gasteiger partial charge in [0.05, 0.1) is 10.6 Å². The highest BCUT2D eigenvalue weighted by molar-refractivity contribution is 7.90. The van der Waals surface area contributed by atoms with Crippen LogP contribution >= 0.6 is 0 Å². The summed E-state index contributed by atoms with van der Waals surface area (Å²) in [6.45, 7) is 2.39. The van der Waals surface area contributed by atoms with Crippen molar-refractivity contribution in [1.29, 1.82) is 0 Å². The maximum atomic E-state index is 12.7. The Labute approximate surface area is 154 Å². The minimum Gasteiger partial charge on any atom is -0.338 e. The summed E-state index contributed by atoms with van der Waals surface area (Å²) >= 11 is 0. The Hall–Kier alpha value is -2.18. The Morgan fingerprint density at radius 2 is 1.92 bits per heavy atom. The second-order valence-electron chi connectivity index (χ2n) is 6.74. The zero-order chi connectivity index (χ0) is 18.6. The van der Waals surface area contributed by atoms with Gasteiger partial charge in [-0.2, -0.15) is 0 Å². The third-order valence-corrected chi connectivity index (χ3v) is 6.40. The topological polar surface area (TPSA) is 66.5 Å². The van der Waals surface area contributed by atoms with Crippen LogP contribution in [0.4, 0.5) is 0 Å². The quantitative estimate of drug-likeness (QED) is 0.845. The predicted octanol–water partition coefficient (Wildman–Crippen LogP) is 2.34. The number of benzene rings is 2. The molecule has 3 rings (SSSR count). The third-order valence-electron chi connectivity index (χ3n) is 4.70. The van der Waals surface area contributed by atoms with Gasteiger partial charge < -0.3 is 10.2 Å². The van der Waals surface area contributed by atoms with Crippen molar-refractivity contribution in [3.05, 3.63) is 65.7 Å². The molecule has 0 radical (unpaired) electrons. The summed E-state index contributed by atoms with van der Waals surface area (Å²) in [7, 11) is -1.51. The van der Waals surface area contributed by atoms with Crippen LogP contribution < -0.4 is 5.32 Å². The van der Waals surface area contributed by atoms with Crippen LogP contribution in [0.25, 0.3) is 0 Å². The van der Waals surface area contributed by atoms with Gasteiger partial charge in [0.25, 0.3) is 5.91 Å². The minimum absolute atomic E-state index is 0.0254. The van der Waals surface area contributed by atoms with Gasteiger partial charge in [0.1, 0.15) is 0 Å². The van der Waals surface area contributed by atoms with Gasteiger partial charge in [0, 0.05) is 18.7 Å². The molecule has 0 saturated carbocycles. The molecular weight excluding hydrogens is 348 g/mol. The van der Waals surface area contributed by atoms with Crippen LogP contribution in [0.5, 0.6) is 0 Å². The lowest BCUT2D eigenvalue weighted by molar-refractivity contribution is 0.0787.